The summed E-state index contributed by atoms with van der Waals surface area (Å²) in [6, 6.07) is 3.59. The van der Waals surface area contributed by atoms with Gasteiger partial charge >= 0.3 is 5.97 Å². The molecule has 2 heterocycles. The first-order valence-corrected chi connectivity index (χ1v) is 7.55. The van der Waals surface area contributed by atoms with Gasteiger partial charge in [0, 0.05) is 30.8 Å². The Hall–Kier alpha value is -1.77. The number of thiophene rings is 1. The maximum absolute atomic E-state index is 10.9. The zero-order valence-electron chi connectivity index (χ0n) is 11.5. The second-order valence-corrected chi connectivity index (χ2v) is 5.58. The van der Waals surface area contributed by atoms with E-state index in [1.54, 1.807) is 10.9 Å². The lowest BCUT2D eigenvalue weighted by atomic mass is 10.1. The van der Waals surface area contributed by atoms with E-state index in [1.165, 1.54) is 11.3 Å². The number of aliphatic carboxylic acids is 1. The molecule has 114 valence electrons. The monoisotopic (exact) mass is 310 g/mol. The lowest BCUT2D eigenvalue weighted by Crippen LogP contribution is -2.23. The highest BCUT2D eigenvalue weighted by Crippen LogP contribution is 2.22. The fraction of sp³-hybridized carbons (Fsp3) is 0.462. The van der Waals surface area contributed by atoms with Gasteiger partial charge in [-0.2, -0.15) is 0 Å². The van der Waals surface area contributed by atoms with E-state index in [0.717, 1.165) is 10.6 Å². The predicted molar refractivity (Wildman–Crippen MR) is 77.9 cm³/mol. The second kappa shape index (κ2) is 7.87. The number of aliphatic hydroxyl groups is 1. The van der Waals surface area contributed by atoms with E-state index in [0.29, 0.717) is 19.5 Å². The van der Waals surface area contributed by atoms with E-state index in [2.05, 4.69) is 15.6 Å². The summed E-state index contributed by atoms with van der Waals surface area (Å²) in [6.45, 7) is 1.19. The van der Waals surface area contributed by atoms with Crippen LogP contribution in [0.2, 0.25) is 0 Å². The smallest absolute Gasteiger partial charge is 0.305 e. The summed E-state index contributed by atoms with van der Waals surface area (Å²) in [4.78, 5) is 11.9. The van der Waals surface area contributed by atoms with Gasteiger partial charge in [0.15, 0.2) is 0 Å². The molecular formula is C13H18N4O3S. The quantitative estimate of drug-likeness (QED) is 0.639. The number of hydrogen-bond donors (Lipinski definition) is 3. The van der Waals surface area contributed by atoms with Crippen molar-refractivity contribution < 1.29 is 15.0 Å². The molecule has 2 aromatic heterocycles. The largest absolute Gasteiger partial charge is 0.481 e. The Morgan fingerprint density at radius 1 is 1.52 bits per heavy atom. The van der Waals surface area contributed by atoms with Crippen LogP contribution in [-0.2, 0) is 17.9 Å². The van der Waals surface area contributed by atoms with Crippen LogP contribution in [0.4, 0.5) is 0 Å². The Kier molecular flexibility index (Phi) is 5.85. The van der Waals surface area contributed by atoms with Gasteiger partial charge in [-0.05, 0) is 17.9 Å². The normalized spacial score (nSPS) is 12.4. The van der Waals surface area contributed by atoms with Crippen molar-refractivity contribution in [3.05, 3.63) is 34.3 Å². The second-order valence-electron chi connectivity index (χ2n) is 4.60. The third-order valence-corrected chi connectivity index (χ3v) is 3.91. The molecule has 0 aliphatic heterocycles. The number of nitrogens with zero attached hydrogens (tertiary/aromatic N) is 3. The number of rotatable bonds is 9. The Morgan fingerprint density at radius 3 is 3.05 bits per heavy atom. The highest BCUT2D eigenvalue weighted by molar-refractivity contribution is 7.10. The number of carboxylic acids is 1. The number of aliphatic hydroxyl groups excluding tert-OH is 1. The fourth-order valence-electron chi connectivity index (χ4n) is 1.93. The van der Waals surface area contributed by atoms with Crippen LogP contribution in [0.25, 0.3) is 0 Å². The zero-order valence-corrected chi connectivity index (χ0v) is 12.3. The van der Waals surface area contributed by atoms with Crippen molar-refractivity contribution in [1.82, 2.24) is 20.3 Å². The molecule has 0 aromatic carbocycles. The summed E-state index contributed by atoms with van der Waals surface area (Å²) < 4.78 is 1.67. The lowest BCUT2D eigenvalue weighted by Gasteiger charge is -2.14. The molecule has 0 saturated carbocycles. The van der Waals surface area contributed by atoms with E-state index in [1.807, 2.05) is 17.5 Å². The Morgan fingerprint density at radius 2 is 2.38 bits per heavy atom. The maximum Gasteiger partial charge on any atom is 0.305 e. The molecule has 1 atom stereocenters. The van der Waals surface area contributed by atoms with Gasteiger partial charge in [-0.15, -0.1) is 16.4 Å². The Balaban J connectivity index is 1.92. The predicted octanol–water partition coefficient (Wildman–Crippen LogP) is 1.03. The van der Waals surface area contributed by atoms with Gasteiger partial charge in [-0.1, -0.05) is 11.3 Å². The van der Waals surface area contributed by atoms with Gasteiger partial charge in [0.05, 0.1) is 18.2 Å². The molecule has 7 nitrogen and oxygen atoms in total. The van der Waals surface area contributed by atoms with Crippen molar-refractivity contribution in [3.63, 3.8) is 0 Å². The number of hydrogen-bond acceptors (Lipinski definition) is 6. The van der Waals surface area contributed by atoms with Crippen LogP contribution in [-0.4, -0.2) is 37.8 Å². The molecule has 3 N–H and O–H groups in total. The topological polar surface area (TPSA) is 100 Å². The molecule has 21 heavy (non-hydrogen) atoms. The molecule has 0 radical (unpaired) electrons. The molecule has 8 heteroatoms. The highest BCUT2D eigenvalue weighted by atomic mass is 32.1. The molecule has 2 rings (SSSR count). The van der Waals surface area contributed by atoms with E-state index in [-0.39, 0.29) is 19.1 Å². The van der Waals surface area contributed by atoms with Gasteiger partial charge in [0.2, 0.25) is 0 Å². The number of carbonyl (C=O) groups is 1. The number of carboxylic acid groups (broad SMARTS) is 1. The average Bonchev–Trinajstić information content (AvgIpc) is 3.12. The summed E-state index contributed by atoms with van der Waals surface area (Å²) in [5.74, 6) is -0.840. The Labute approximate surface area is 126 Å². The van der Waals surface area contributed by atoms with E-state index in [4.69, 9.17) is 10.2 Å². The van der Waals surface area contributed by atoms with Crippen LogP contribution in [0, 0.1) is 0 Å². The first kappa shape index (κ1) is 15.6. The fourth-order valence-corrected chi connectivity index (χ4v) is 2.73. The van der Waals surface area contributed by atoms with Gasteiger partial charge < -0.3 is 15.5 Å². The maximum atomic E-state index is 10.9. The summed E-state index contributed by atoms with van der Waals surface area (Å²) in [5.41, 5.74) is 0.750. The molecule has 2 aromatic rings. The standard InChI is InChI=1S/C13H18N4O3S/c18-5-2-4-17-9-10(15-16-17)8-14-11(7-13(19)20)12-3-1-6-21-12/h1,3,6,9,11,14,18H,2,4-5,7-8H2,(H,19,20). The minimum absolute atomic E-state index is 0.0269. The van der Waals surface area contributed by atoms with Gasteiger partial charge in [0.1, 0.15) is 0 Å². The van der Waals surface area contributed by atoms with Crippen LogP contribution in [0.1, 0.15) is 29.5 Å². The number of nitrogens with one attached hydrogen (secondary N) is 1. The van der Waals surface area contributed by atoms with Crippen LogP contribution in [0.5, 0.6) is 0 Å². The van der Waals surface area contributed by atoms with Crippen LogP contribution in [0.15, 0.2) is 23.7 Å². The molecule has 0 aliphatic rings. The van der Waals surface area contributed by atoms with Gasteiger partial charge in [-0.3, -0.25) is 9.48 Å². The first-order valence-electron chi connectivity index (χ1n) is 6.67. The highest BCUT2D eigenvalue weighted by Gasteiger charge is 2.16. The number of aryl methyl sites for hydroxylation is 1. The molecule has 0 spiro atoms. The summed E-state index contributed by atoms with van der Waals surface area (Å²) in [6.07, 6.45) is 2.46. The van der Waals surface area contributed by atoms with Crippen LogP contribution < -0.4 is 5.32 Å². The Bertz CT molecular complexity index is 556. The minimum atomic E-state index is -0.840. The average molecular weight is 310 g/mol. The van der Waals surface area contributed by atoms with Crippen molar-refractivity contribution in [2.24, 2.45) is 0 Å². The van der Waals surface area contributed by atoms with Crippen LogP contribution in [0.3, 0.4) is 0 Å². The molecule has 0 aliphatic carbocycles. The third-order valence-electron chi connectivity index (χ3n) is 2.93. The summed E-state index contributed by atoms with van der Waals surface area (Å²) in [5, 5.41) is 30.9. The molecule has 0 fully saturated rings. The van der Waals surface area contributed by atoms with Crippen molar-refractivity contribution in [2.75, 3.05) is 6.61 Å². The van der Waals surface area contributed by atoms with Gasteiger partial charge in [-0.25, -0.2) is 0 Å². The minimum Gasteiger partial charge on any atom is -0.481 e. The SMILES string of the molecule is O=C(O)CC(NCc1cn(CCCO)nn1)c1cccs1. The summed E-state index contributed by atoms with van der Waals surface area (Å²) >= 11 is 1.53. The third kappa shape index (κ3) is 4.92. The lowest BCUT2D eigenvalue weighted by molar-refractivity contribution is -0.137. The molecular weight excluding hydrogens is 292 g/mol. The molecule has 0 bridgehead atoms. The zero-order chi connectivity index (χ0) is 15.1. The summed E-state index contributed by atoms with van der Waals surface area (Å²) in [7, 11) is 0. The van der Waals surface area contributed by atoms with Crippen molar-refractivity contribution in [1.29, 1.82) is 0 Å². The first-order chi connectivity index (χ1) is 10.2. The van der Waals surface area contributed by atoms with Gasteiger partial charge in [0.25, 0.3) is 0 Å². The number of aromatic nitrogens is 3. The molecule has 0 amide bonds. The molecule has 0 saturated heterocycles. The van der Waals surface area contributed by atoms with Crippen molar-refractivity contribution in [2.45, 2.75) is 32.0 Å². The van der Waals surface area contributed by atoms with E-state index < -0.39 is 5.97 Å². The van der Waals surface area contributed by atoms with Crippen LogP contribution >= 0.6 is 11.3 Å². The van der Waals surface area contributed by atoms with Crippen molar-refractivity contribution in [3.8, 4) is 0 Å². The van der Waals surface area contributed by atoms with Crippen molar-refractivity contribution >= 4 is 17.3 Å². The van der Waals surface area contributed by atoms with E-state index in [9.17, 15) is 4.79 Å². The molecule has 1 unspecified atom stereocenters. The van der Waals surface area contributed by atoms with E-state index >= 15 is 0 Å².